The van der Waals surface area contributed by atoms with Gasteiger partial charge in [0.25, 0.3) is 0 Å². The first-order valence-corrected chi connectivity index (χ1v) is 6.50. The first kappa shape index (κ1) is 13.1. The number of nitrogens with one attached hydrogen (secondary N) is 1. The van der Waals surface area contributed by atoms with Crippen LogP contribution >= 0.6 is 11.6 Å². The molecule has 0 aliphatic heterocycles. The van der Waals surface area contributed by atoms with Crippen molar-refractivity contribution >= 4 is 11.6 Å². The van der Waals surface area contributed by atoms with Gasteiger partial charge in [0.15, 0.2) is 0 Å². The topological polar surface area (TPSA) is 42.7 Å². The van der Waals surface area contributed by atoms with Gasteiger partial charge in [-0.15, -0.1) is 0 Å². The minimum absolute atomic E-state index is 0.700. The predicted octanol–water partition coefficient (Wildman–Crippen LogP) is 2.63. The van der Waals surface area contributed by atoms with Gasteiger partial charge in [0.2, 0.25) is 0 Å². The van der Waals surface area contributed by atoms with Crippen molar-refractivity contribution in [1.82, 2.24) is 20.1 Å². The standard InChI is InChI=1S/C13H17ClN4/c1-2-7-18-13(16-10-17-18)9-15-8-11-5-3-4-6-12(11)14/h3-6,10,15H,2,7-9H2,1H3. The summed E-state index contributed by atoms with van der Waals surface area (Å²) >= 11 is 6.09. The van der Waals surface area contributed by atoms with Crippen molar-refractivity contribution in [2.24, 2.45) is 0 Å². The van der Waals surface area contributed by atoms with Crippen LogP contribution in [0.5, 0.6) is 0 Å². The van der Waals surface area contributed by atoms with Crippen molar-refractivity contribution in [3.63, 3.8) is 0 Å². The van der Waals surface area contributed by atoms with Gasteiger partial charge >= 0.3 is 0 Å². The molecule has 0 bridgehead atoms. The van der Waals surface area contributed by atoms with Crippen LogP contribution in [0.2, 0.25) is 5.02 Å². The van der Waals surface area contributed by atoms with Gasteiger partial charge in [-0.3, -0.25) is 0 Å². The number of hydrogen-bond acceptors (Lipinski definition) is 3. The summed E-state index contributed by atoms with van der Waals surface area (Å²) < 4.78 is 1.93. The third kappa shape index (κ3) is 3.31. The summed E-state index contributed by atoms with van der Waals surface area (Å²) in [6, 6.07) is 7.84. The van der Waals surface area contributed by atoms with Crippen molar-refractivity contribution in [2.75, 3.05) is 0 Å². The highest BCUT2D eigenvalue weighted by molar-refractivity contribution is 6.31. The molecule has 0 saturated carbocycles. The Morgan fingerprint density at radius 2 is 2.11 bits per heavy atom. The van der Waals surface area contributed by atoms with Gasteiger partial charge < -0.3 is 5.32 Å². The minimum atomic E-state index is 0.700. The van der Waals surface area contributed by atoms with Crippen LogP contribution in [0.1, 0.15) is 24.7 Å². The van der Waals surface area contributed by atoms with E-state index in [1.165, 1.54) is 0 Å². The Kier molecular flexibility index (Phi) is 4.73. The summed E-state index contributed by atoms with van der Waals surface area (Å²) in [5.74, 6) is 0.962. The molecule has 1 N–H and O–H groups in total. The number of nitrogens with zero attached hydrogens (tertiary/aromatic N) is 3. The Labute approximate surface area is 112 Å². The van der Waals surface area contributed by atoms with Crippen molar-refractivity contribution in [2.45, 2.75) is 33.0 Å². The molecule has 1 aromatic carbocycles. The minimum Gasteiger partial charge on any atom is -0.306 e. The van der Waals surface area contributed by atoms with Crippen LogP contribution in [-0.4, -0.2) is 14.8 Å². The molecule has 4 nitrogen and oxygen atoms in total. The molecule has 18 heavy (non-hydrogen) atoms. The van der Waals surface area contributed by atoms with E-state index in [1.807, 2.05) is 28.9 Å². The third-order valence-electron chi connectivity index (χ3n) is 2.69. The number of benzene rings is 1. The Balaban J connectivity index is 1.88. The maximum absolute atomic E-state index is 6.09. The molecule has 0 unspecified atom stereocenters. The van der Waals surface area contributed by atoms with Crippen LogP contribution in [0, 0.1) is 0 Å². The van der Waals surface area contributed by atoms with E-state index in [0.29, 0.717) is 6.54 Å². The first-order valence-electron chi connectivity index (χ1n) is 6.12. The molecule has 2 rings (SSSR count). The smallest absolute Gasteiger partial charge is 0.140 e. The molecule has 2 aromatic rings. The lowest BCUT2D eigenvalue weighted by atomic mass is 10.2. The average Bonchev–Trinajstić information content (AvgIpc) is 2.80. The van der Waals surface area contributed by atoms with E-state index in [4.69, 9.17) is 11.6 Å². The normalized spacial score (nSPS) is 10.8. The molecule has 0 amide bonds. The van der Waals surface area contributed by atoms with E-state index >= 15 is 0 Å². The highest BCUT2D eigenvalue weighted by Crippen LogP contribution is 2.14. The van der Waals surface area contributed by atoms with E-state index in [0.717, 1.165) is 35.9 Å². The fourth-order valence-corrected chi connectivity index (χ4v) is 1.98. The molecule has 0 radical (unpaired) electrons. The van der Waals surface area contributed by atoms with Crippen LogP contribution in [0.15, 0.2) is 30.6 Å². The highest BCUT2D eigenvalue weighted by atomic mass is 35.5. The van der Waals surface area contributed by atoms with Crippen LogP contribution in [0.3, 0.4) is 0 Å². The van der Waals surface area contributed by atoms with Crippen molar-refractivity contribution in [3.8, 4) is 0 Å². The zero-order chi connectivity index (χ0) is 12.8. The maximum Gasteiger partial charge on any atom is 0.140 e. The summed E-state index contributed by atoms with van der Waals surface area (Å²) in [6.07, 6.45) is 2.66. The summed E-state index contributed by atoms with van der Waals surface area (Å²) in [5.41, 5.74) is 1.10. The summed E-state index contributed by atoms with van der Waals surface area (Å²) in [6.45, 7) is 4.47. The van der Waals surface area contributed by atoms with Gasteiger partial charge in [-0.2, -0.15) is 5.10 Å². The van der Waals surface area contributed by atoms with E-state index in [1.54, 1.807) is 6.33 Å². The van der Waals surface area contributed by atoms with Gasteiger partial charge in [0.1, 0.15) is 12.2 Å². The molecular formula is C13H17ClN4. The average molecular weight is 265 g/mol. The van der Waals surface area contributed by atoms with E-state index in [2.05, 4.69) is 22.3 Å². The molecule has 0 fully saturated rings. The second-order valence-corrected chi connectivity index (χ2v) is 4.50. The number of aromatic nitrogens is 3. The van der Waals surface area contributed by atoms with E-state index in [9.17, 15) is 0 Å². The molecular weight excluding hydrogens is 248 g/mol. The second-order valence-electron chi connectivity index (χ2n) is 4.09. The number of aryl methyl sites for hydroxylation is 1. The molecule has 0 atom stereocenters. The quantitative estimate of drug-likeness (QED) is 0.872. The highest BCUT2D eigenvalue weighted by Gasteiger charge is 2.03. The van der Waals surface area contributed by atoms with E-state index < -0.39 is 0 Å². The Hall–Kier alpha value is -1.39. The first-order chi connectivity index (χ1) is 8.81. The second kappa shape index (κ2) is 6.52. The lowest BCUT2D eigenvalue weighted by molar-refractivity contribution is 0.542. The molecule has 0 aliphatic carbocycles. The van der Waals surface area contributed by atoms with Crippen molar-refractivity contribution < 1.29 is 0 Å². The third-order valence-corrected chi connectivity index (χ3v) is 3.06. The van der Waals surface area contributed by atoms with Gasteiger partial charge in [-0.05, 0) is 18.1 Å². The lowest BCUT2D eigenvalue weighted by Gasteiger charge is -2.07. The molecule has 1 heterocycles. The van der Waals surface area contributed by atoms with E-state index in [-0.39, 0.29) is 0 Å². The molecule has 5 heteroatoms. The number of rotatable bonds is 6. The molecule has 0 aliphatic rings. The van der Waals surface area contributed by atoms with Crippen molar-refractivity contribution in [3.05, 3.63) is 47.0 Å². The van der Waals surface area contributed by atoms with Gasteiger partial charge in [0, 0.05) is 18.1 Å². The maximum atomic E-state index is 6.09. The van der Waals surface area contributed by atoms with Crippen molar-refractivity contribution in [1.29, 1.82) is 0 Å². The zero-order valence-corrected chi connectivity index (χ0v) is 11.2. The predicted molar refractivity (Wildman–Crippen MR) is 72.3 cm³/mol. The Morgan fingerprint density at radius 3 is 2.89 bits per heavy atom. The summed E-state index contributed by atoms with van der Waals surface area (Å²) in [4.78, 5) is 4.24. The Bertz CT molecular complexity index is 495. The number of hydrogen-bond donors (Lipinski definition) is 1. The summed E-state index contributed by atoms with van der Waals surface area (Å²) in [5, 5.41) is 8.32. The van der Waals surface area contributed by atoms with Crippen LogP contribution in [-0.2, 0) is 19.6 Å². The van der Waals surface area contributed by atoms with Crippen LogP contribution in [0.25, 0.3) is 0 Å². The fraction of sp³-hybridized carbons (Fsp3) is 0.385. The monoisotopic (exact) mass is 264 g/mol. The largest absolute Gasteiger partial charge is 0.306 e. The molecule has 96 valence electrons. The summed E-state index contributed by atoms with van der Waals surface area (Å²) in [7, 11) is 0. The zero-order valence-electron chi connectivity index (χ0n) is 10.4. The van der Waals surface area contributed by atoms with Gasteiger partial charge in [0.05, 0.1) is 6.54 Å². The fourth-order valence-electron chi connectivity index (χ4n) is 1.77. The Morgan fingerprint density at radius 1 is 1.28 bits per heavy atom. The lowest BCUT2D eigenvalue weighted by Crippen LogP contribution is -2.17. The van der Waals surface area contributed by atoms with Crippen LogP contribution < -0.4 is 5.32 Å². The molecule has 1 aromatic heterocycles. The molecule has 0 saturated heterocycles. The van der Waals surface area contributed by atoms with Gasteiger partial charge in [-0.1, -0.05) is 36.7 Å². The number of halogens is 1. The SMILES string of the molecule is CCCn1ncnc1CNCc1ccccc1Cl. The molecule has 0 spiro atoms. The van der Waals surface area contributed by atoms with Crippen LogP contribution in [0.4, 0.5) is 0 Å². The van der Waals surface area contributed by atoms with Gasteiger partial charge in [-0.25, -0.2) is 9.67 Å².